The fourth-order valence-electron chi connectivity index (χ4n) is 1.38. The van der Waals surface area contributed by atoms with E-state index in [0.29, 0.717) is 9.26 Å². The fraction of sp³-hybridized carbons (Fsp3) is 0.545. The van der Waals surface area contributed by atoms with E-state index in [-0.39, 0.29) is 12.2 Å². The van der Waals surface area contributed by atoms with Crippen LogP contribution in [0.5, 0.6) is 0 Å². The van der Waals surface area contributed by atoms with Gasteiger partial charge in [0, 0.05) is 9.77 Å². The van der Waals surface area contributed by atoms with Crippen LogP contribution >= 0.6 is 22.6 Å². The lowest BCUT2D eigenvalue weighted by Crippen LogP contribution is -2.12. The molecule has 0 saturated carbocycles. The van der Waals surface area contributed by atoms with Crippen LogP contribution in [0.15, 0.2) is 12.3 Å². The minimum absolute atomic E-state index is 0.00453. The number of hydrogen-bond donors (Lipinski definition) is 0. The first-order valence-corrected chi connectivity index (χ1v) is 6.17. The highest BCUT2D eigenvalue weighted by molar-refractivity contribution is 14.1. The van der Waals surface area contributed by atoms with Crippen molar-refractivity contribution in [2.24, 2.45) is 0 Å². The van der Waals surface area contributed by atoms with Crippen LogP contribution < -0.4 is 0 Å². The SMILES string of the molecule is CC(C)O[C@@H](C)c1ncc(C(F)(F)F)cc1I. The molecule has 0 amide bonds. The van der Waals surface area contributed by atoms with Gasteiger partial charge >= 0.3 is 6.18 Å². The van der Waals surface area contributed by atoms with Gasteiger partial charge in [-0.2, -0.15) is 13.2 Å². The summed E-state index contributed by atoms with van der Waals surface area (Å²) in [6.07, 6.45) is -3.82. The quantitative estimate of drug-likeness (QED) is 0.755. The third-order valence-corrected chi connectivity index (χ3v) is 2.92. The molecule has 0 saturated heterocycles. The highest BCUT2D eigenvalue weighted by atomic mass is 127. The Hall–Kier alpha value is -0.370. The van der Waals surface area contributed by atoms with E-state index in [1.807, 2.05) is 36.4 Å². The van der Waals surface area contributed by atoms with Gasteiger partial charge in [-0.15, -0.1) is 0 Å². The minimum atomic E-state index is -4.35. The standard InChI is InChI=1S/C11H13F3INO/c1-6(2)17-7(3)10-9(15)4-8(5-16-10)11(12,13)14/h4-7H,1-3H3/t7-/m0/s1. The van der Waals surface area contributed by atoms with Crippen molar-refractivity contribution >= 4 is 22.6 Å². The Balaban J connectivity index is 2.98. The first-order valence-electron chi connectivity index (χ1n) is 5.10. The molecule has 1 rings (SSSR count). The van der Waals surface area contributed by atoms with E-state index in [9.17, 15) is 13.2 Å². The van der Waals surface area contributed by atoms with Crippen LogP contribution in [0.1, 0.15) is 38.1 Å². The molecule has 0 fully saturated rings. The zero-order valence-electron chi connectivity index (χ0n) is 9.68. The van der Waals surface area contributed by atoms with E-state index >= 15 is 0 Å². The smallest absolute Gasteiger partial charge is 0.370 e. The largest absolute Gasteiger partial charge is 0.417 e. The predicted octanol–water partition coefficient (Wildman–Crippen LogP) is 4.19. The molecule has 0 bridgehead atoms. The first kappa shape index (κ1) is 14.7. The number of halogens is 4. The topological polar surface area (TPSA) is 22.1 Å². The number of ether oxygens (including phenoxy) is 1. The van der Waals surface area contributed by atoms with Crippen LogP contribution in [0.2, 0.25) is 0 Å². The Kier molecular flexibility index (Phi) is 4.77. The molecule has 2 nitrogen and oxygen atoms in total. The van der Waals surface area contributed by atoms with Crippen LogP contribution in [-0.2, 0) is 10.9 Å². The number of rotatable bonds is 3. The van der Waals surface area contributed by atoms with Gasteiger partial charge in [0.2, 0.25) is 0 Å². The van der Waals surface area contributed by atoms with Gasteiger partial charge in [0.1, 0.15) is 0 Å². The molecule has 6 heteroatoms. The summed E-state index contributed by atoms with van der Waals surface area (Å²) in [5.74, 6) is 0. The van der Waals surface area contributed by atoms with Gasteiger partial charge < -0.3 is 4.74 Å². The average Bonchev–Trinajstić information content (AvgIpc) is 2.14. The molecule has 96 valence electrons. The Morgan fingerprint density at radius 2 is 1.88 bits per heavy atom. The van der Waals surface area contributed by atoms with Gasteiger partial charge in [-0.3, -0.25) is 4.98 Å². The maximum atomic E-state index is 12.4. The van der Waals surface area contributed by atoms with Crippen molar-refractivity contribution in [3.8, 4) is 0 Å². The highest BCUT2D eigenvalue weighted by Gasteiger charge is 2.31. The summed E-state index contributed by atoms with van der Waals surface area (Å²) in [5.41, 5.74) is -0.199. The number of nitrogens with zero attached hydrogens (tertiary/aromatic N) is 1. The molecular formula is C11H13F3INO. The molecule has 17 heavy (non-hydrogen) atoms. The Bertz CT molecular complexity index is 393. The summed E-state index contributed by atoms with van der Waals surface area (Å²) in [4.78, 5) is 3.85. The van der Waals surface area contributed by atoms with E-state index in [0.717, 1.165) is 12.3 Å². The molecular weight excluding hydrogens is 346 g/mol. The van der Waals surface area contributed by atoms with Gasteiger partial charge in [-0.05, 0) is 49.4 Å². The zero-order chi connectivity index (χ0) is 13.2. The number of aromatic nitrogens is 1. The molecule has 0 aliphatic carbocycles. The summed E-state index contributed by atoms with van der Waals surface area (Å²) in [6, 6.07) is 1.09. The maximum Gasteiger partial charge on any atom is 0.417 e. The number of alkyl halides is 3. The second-order valence-corrected chi connectivity index (χ2v) is 5.08. The van der Waals surface area contributed by atoms with Crippen molar-refractivity contribution in [1.82, 2.24) is 4.98 Å². The van der Waals surface area contributed by atoms with Crippen molar-refractivity contribution in [2.45, 2.75) is 39.2 Å². The molecule has 0 aliphatic heterocycles. The molecule has 0 aromatic carbocycles. The van der Waals surface area contributed by atoms with E-state index in [2.05, 4.69) is 4.98 Å². The normalized spacial score (nSPS) is 14.1. The summed E-state index contributed by atoms with van der Waals surface area (Å²) in [5, 5.41) is 0. The van der Waals surface area contributed by atoms with Crippen molar-refractivity contribution in [3.63, 3.8) is 0 Å². The van der Waals surface area contributed by atoms with Gasteiger partial charge in [0.05, 0.1) is 23.5 Å². The Morgan fingerprint density at radius 3 is 2.29 bits per heavy atom. The molecule has 0 unspecified atom stereocenters. The Morgan fingerprint density at radius 1 is 1.29 bits per heavy atom. The molecule has 0 N–H and O–H groups in total. The third-order valence-electron chi connectivity index (χ3n) is 2.06. The summed E-state index contributed by atoms with van der Waals surface area (Å²) >= 11 is 1.85. The van der Waals surface area contributed by atoms with E-state index in [4.69, 9.17) is 4.74 Å². The van der Waals surface area contributed by atoms with Crippen LogP contribution in [0.4, 0.5) is 13.2 Å². The van der Waals surface area contributed by atoms with Gasteiger partial charge in [0.25, 0.3) is 0 Å². The van der Waals surface area contributed by atoms with Crippen LogP contribution in [0.3, 0.4) is 0 Å². The lowest BCUT2D eigenvalue weighted by molar-refractivity contribution is -0.137. The van der Waals surface area contributed by atoms with Gasteiger partial charge in [0.15, 0.2) is 0 Å². The summed E-state index contributed by atoms with van der Waals surface area (Å²) in [6.45, 7) is 5.51. The monoisotopic (exact) mass is 359 g/mol. The molecule has 0 spiro atoms. The fourth-order valence-corrected chi connectivity index (χ4v) is 2.29. The second kappa shape index (κ2) is 5.51. The Labute approximate surface area is 112 Å². The molecule has 1 atom stereocenters. The van der Waals surface area contributed by atoms with Gasteiger partial charge in [-0.25, -0.2) is 0 Å². The van der Waals surface area contributed by atoms with E-state index in [1.165, 1.54) is 0 Å². The molecule has 1 aromatic rings. The van der Waals surface area contributed by atoms with E-state index < -0.39 is 11.7 Å². The molecule has 0 aliphatic rings. The molecule has 1 heterocycles. The van der Waals surface area contributed by atoms with Crippen molar-refractivity contribution in [1.29, 1.82) is 0 Å². The summed E-state index contributed by atoms with van der Waals surface area (Å²) < 4.78 is 43.3. The lowest BCUT2D eigenvalue weighted by atomic mass is 10.2. The second-order valence-electron chi connectivity index (χ2n) is 3.92. The number of hydrogen-bond acceptors (Lipinski definition) is 2. The van der Waals surface area contributed by atoms with Crippen molar-refractivity contribution in [2.75, 3.05) is 0 Å². The van der Waals surface area contributed by atoms with Crippen molar-refractivity contribution < 1.29 is 17.9 Å². The van der Waals surface area contributed by atoms with Crippen LogP contribution in [0, 0.1) is 3.57 Å². The average molecular weight is 359 g/mol. The minimum Gasteiger partial charge on any atom is -0.370 e. The molecule has 1 aromatic heterocycles. The predicted molar refractivity (Wildman–Crippen MR) is 66.6 cm³/mol. The number of pyridine rings is 1. The summed E-state index contributed by atoms with van der Waals surface area (Å²) in [7, 11) is 0. The molecule has 0 radical (unpaired) electrons. The maximum absolute atomic E-state index is 12.4. The lowest BCUT2D eigenvalue weighted by Gasteiger charge is -2.17. The first-order chi connectivity index (χ1) is 7.71. The van der Waals surface area contributed by atoms with Gasteiger partial charge in [-0.1, -0.05) is 0 Å². The highest BCUT2D eigenvalue weighted by Crippen LogP contribution is 2.31. The van der Waals surface area contributed by atoms with Crippen molar-refractivity contribution in [3.05, 3.63) is 27.1 Å². The van der Waals surface area contributed by atoms with Crippen LogP contribution in [-0.4, -0.2) is 11.1 Å². The third kappa shape index (κ3) is 4.09. The zero-order valence-corrected chi connectivity index (χ0v) is 11.8. The van der Waals surface area contributed by atoms with Crippen LogP contribution in [0.25, 0.3) is 0 Å². The van der Waals surface area contributed by atoms with E-state index in [1.54, 1.807) is 6.92 Å².